The smallest absolute Gasteiger partial charge is 0.159 e. The Balaban J connectivity index is 2.06. The van der Waals surface area contributed by atoms with Gasteiger partial charge in [-0.3, -0.25) is 0 Å². The molecule has 1 aliphatic carbocycles. The van der Waals surface area contributed by atoms with Crippen molar-refractivity contribution in [2.75, 3.05) is 20.3 Å². The van der Waals surface area contributed by atoms with E-state index in [0.717, 1.165) is 31.7 Å². The first-order chi connectivity index (χ1) is 10.5. The minimum Gasteiger partial charge on any atom is -0.393 e. The first-order valence-corrected chi connectivity index (χ1v) is 7.81. The summed E-state index contributed by atoms with van der Waals surface area (Å²) in [5, 5.41) is 13.6. The Kier molecular flexibility index (Phi) is 5.89. The number of benzene rings is 1. The van der Waals surface area contributed by atoms with Crippen LogP contribution in [0.25, 0.3) is 0 Å². The van der Waals surface area contributed by atoms with Crippen LogP contribution in [0.1, 0.15) is 44.2 Å². The summed E-state index contributed by atoms with van der Waals surface area (Å²) in [6.45, 7) is 3.04. The zero-order chi connectivity index (χ0) is 16.2. The molecule has 0 aromatic heterocycles. The number of aliphatic hydroxyl groups excluding tert-OH is 1. The van der Waals surface area contributed by atoms with Gasteiger partial charge in [0.25, 0.3) is 0 Å². The zero-order valence-electron chi connectivity index (χ0n) is 13.2. The molecule has 2 rings (SSSR count). The Hall–Kier alpha value is -1.04. The minimum atomic E-state index is -0.857. The molecule has 0 radical (unpaired) electrons. The van der Waals surface area contributed by atoms with Gasteiger partial charge in [-0.25, -0.2) is 8.78 Å². The Morgan fingerprint density at radius 1 is 1.36 bits per heavy atom. The van der Waals surface area contributed by atoms with Crippen molar-refractivity contribution in [3.63, 3.8) is 0 Å². The highest BCUT2D eigenvalue weighted by Crippen LogP contribution is 2.36. The van der Waals surface area contributed by atoms with Gasteiger partial charge in [0.1, 0.15) is 0 Å². The van der Waals surface area contributed by atoms with Crippen molar-refractivity contribution < 1.29 is 18.6 Å². The first-order valence-electron chi connectivity index (χ1n) is 7.81. The maximum atomic E-state index is 13.4. The highest BCUT2D eigenvalue weighted by Gasteiger charge is 2.35. The predicted molar refractivity (Wildman–Crippen MR) is 81.6 cm³/mol. The van der Waals surface area contributed by atoms with Crippen LogP contribution in [0.3, 0.4) is 0 Å². The van der Waals surface area contributed by atoms with E-state index < -0.39 is 11.6 Å². The van der Waals surface area contributed by atoms with Gasteiger partial charge >= 0.3 is 0 Å². The molecule has 2 N–H and O–H groups in total. The third-order valence-electron chi connectivity index (χ3n) is 4.71. The summed E-state index contributed by atoms with van der Waals surface area (Å²) in [5.74, 6) is -1.71. The molecule has 1 aliphatic rings. The number of nitrogens with one attached hydrogen (secondary N) is 1. The highest BCUT2D eigenvalue weighted by molar-refractivity contribution is 5.21. The number of rotatable bonds is 6. The Morgan fingerprint density at radius 2 is 2.14 bits per heavy atom. The molecular formula is C17H25F2NO2. The molecule has 1 aromatic carbocycles. The molecule has 1 aromatic rings. The molecule has 0 heterocycles. The molecule has 0 saturated heterocycles. The normalized spacial score (nSPS) is 26.9. The quantitative estimate of drug-likeness (QED) is 0.847. The third kappa shape index (κ3) is 4.03. The van der Waals surface area contributed by atoms with Crippen molar-refractivity contribution >= 4 is 0 Å². The number of hydrogen-bond donors (Lipinski definition) is 2. The fraction of sp³-hybridized carbons (Fsp3) is 0.647. The predicted octanol–water partition coefficient (Wildman–Crippen LogP) is 3.18. The number of ether oxygens (including phenoxy) is 1. The second-order valence-corrected chi connectivity index (χ2v) is 6.48. The van der Waals surface area contributed by atoms with E-state index in [1.54, 1.807) is 13.2 Å². The van der Waals surface area contributed by atoms with Gasteiger partial charge in [-0.05, 0) is 30.5 Å². The molecule has 0 aliphatic heterocycles. The monoisotopic (exact) mass is 313 g/mol. The fourth-order valence-corrected chi connectivity index (χ4v) is 3.11. The van der Waals surface area contributed by atoms with Gasteiger partial charge in [0.05, 0.1) is 18.8 Å². The van der Waals surface area contributed by atoms with Gasteiger partial charge in [0, 0.05) is 19.1 Å². The van der Waals surface area contributed by atoms with Gasteiger partial charge in [0.2, 0.25) is 0 Å². The summed E-state index contributed by atoms with van der Waals surface area (Å²) in [6.07, 6.45) is 3.61. The Bertz CT molecular complexity index is 498. The van der Waals surface area contributed by atoms with Gasteiger partial charge in [-0.2, -0.15) is 0 Å². The van der Waals surface area contributed by atoms with Crippen molar-refractivity contribution in [1.29, 1.82) is 0 Å². The molecule has 1 saturated carbocycles. The van der Waals surface area contributed by atoms with Gasteiger partial charge in [0.15, 0.2) is 11.6 Å². The Labute approximate surface area is 130 Å². The summed E-state index contributed by atoms with van der Waals surface area (Å²) in [4.78, 5) is 0. The summed E-state index contributed by atoms with van der Waals surface area (Å²) >= 11 is 0. The third-order valence-corrected chi connectivity index (χ3v) is 4.71. The molecule has 3 nitrogen and oxygen atoms in total. The lowest BCUT2D eigenvalue weighted by Crippen LogP contribution is -2.45. The average molecular weight is 313 g/mol. The van der Waals surface area contributed by atoms with Crippen LogP contribution in [-0.4, -0.2) is 31.5 Å². The van der Waals surface area contributed by atoms with Crippen LogP contribution in [0.5, 0.6) is 0 Å². The van der Waals surface area contributed by atoms with Crippen molar-refractivity contribution in [2.45, 2.75) is 44.8 Å². The standard InChI is InChI=1S/C17H25F2NO2/c1-17(8-4-3-5-16(17)21)11-20-15(10-22-2)12-6-7-13(18)14(19)9-12/h6-7,9,15-16,20-21H,3-5,8,10-11H2,1-2H3. The average Bonchev–Trinajstić information content (AvgIpc) is 2.50. The first kappa shape index (κ1) is 17.3. The lowest BCUT2D eigenvalue weighted by molar-refractivity contribution is -0.00209. The van der Waals surface area contributed by atoms with Crippen LogP contribution in [0, 0.1) is 17.0 Å². The number of halogens is 2. The van der Waals surface area contributed by atoms with E-state index in [-0.39, 0.29) is 17.6 Å². The Morgan fingerprint density at radius 3 is 2.77 bits per heavy atom. The minimum absolute atomic E-state index is 0.192. The number of aliphatic hydroxyl groups is 1. The lowest BCUT2D eigenvalue weighted by Gasteiger charge is -2.39. The van der Waals surface area contributed by atoms with Crippen LogP contribution < -0.4 is 5.32 Å². The van der Waals surface area contributed by atoms with Crippen molar-refractivity contribution in [3.8, 4) is 0 Å². The van der Waals surface area contributed by atoms with E-state index in [9.17, 15) is 13.9 Å². The summed E-state index contributed by atoms with van der Waals surface area (Å²) < 4.78 is 31.7. The van der Waals surface area contributed by atoms with Gasteiger partial charge in [-0.1, -0.05) is 25.8 Å². The van der Waals surface area contributed by atoms with E-state index >= 15 is 0 Å². The number of hydrogen-bond acceptors (Lipinski definition) is 3. The molecule has 0 spiro atoms. The van der Waals surface area contributed by atoms with Crippen molar-refractivity contribution in [2.24, 2.45) is 5.41 Å². The molecule has 3 unspecified atom stereocenters. The SMILES string of the molecule is COCC(NCC1(C)CCCCC1O)c1ccc(F)c(F)c1. The molecule has 0 bridgehead atoms. The maximum Gasteiger partial charge on any atom is 0.159 e. The molecule has 3 atom stereocenters. The van der Waals surface area contributed by atoms with E-state index in [1.165, 1.54) is 6.07 Å². The molecule has 1 fully saturated rings. The lowest BCUT2D eigenvalue weighted by atomic mass is 9.73. The van der Waals surface area contributed by atoms with Crippen LogP contribution in [0.2, 0.25) is 0 Å². The van der Waals surface area contributed by atoms with Crippen molar-refractivity contribution in [3.05, 3.63) is 35.4 Å². The molecular weight excluding hydrogens is 288 g/mol. The fourth-order valence-electron chi connectivity index (χ4n) is 3.11. The van der Waals surface area contributed by atoms with Crippen LogP contribution in [-0.2, 0) is 4.74 Å². The van der Waals surface area contributed by atoms with E-state index in [1.807, 2.05) is 0 Å². The number of methoxy groups -OCH3 is 1. The maximum absolute atomic E-state index is 13.4. The summed E-state index contributed by atoms with van der Waals surface area (Å²) in [7, 11) is 1.58. The van der Waals surface area contributed by atoms with E-state index in [0.29, 0.717) is 18.7 Å². The zero-order valence-corrected chi connectivity index (χ0v) is 13.2. The molecule has 124 valence electrons. The highest BCUT2D eigenvalue weighted by atomic mass is 19.2. The van der Waals surface area contributed by atoms with Gasteiger partial charge < -0.3 is 15.2 Å². The molecule has 22 heavy (non-hydrogen) atoms. The van der Waals surface area contributed by atoms with Crippen LogP contribution in [0.15, 0.2) is 18.2 Å². The van der Waals surface area contributed by atoms with E-state index in [4.69, 9.17) is 4.74 Å². The van der Waals surface area contributed by atoms with Crippen molar-refractivity contribution in [1.82, 2.24) is 5.32 Å². The van der Waals surface area contributed by atoms with Gasteiger partial charge in [-0.15, -0.1) is 0 Å². The largest absolute Gasteiger partial charge is 0.393 e. The second-order valence-electron chi connectivity index (χ2n) is 6.48. The van der Waals surface area contributed by atoms with Crippen LogP contribution >= 0.6 is 0 Å². The summed E-state index contributed by atoms with van der Waals surface area (Å²) in [5.41, 5.74) is 0.456. The van der Waals surface area contributed by atoms with E-state index in [2.05, 4.69) is 12.2 Å². The topological polar surface area (TPSA) is 41.5 Å². The molecule has 5 heteroatoms. The van der Waals surface area contributed by atoms with Crippen LogP contribution in [0.4, 0.5) is 8.78 Å². The second kappa shape index (κ2) is 7.49. The molecule has 0 amide bonds. The summed E-state index contributed by atoms with van der Waals surface area (Å²) in [6, 6.07) is 3.66.